The summed E-state index contributed by atoms with van der Waals surface area (Å²) >= 11 is 0. The van der Waals surface area contributed by atoms with Gasteiger partial charge in [0.25, 0.3) is 0 Å². The van der Waals surface area contributed by atoms with Crippen molar-refractivity contribution in [1.29, 1.82) is 0 Å². The number of ether oxygens (including phenoxy) is 1. The lowest BCUT2D eigenvalue weighted by Gasteiger charge is -2.12. The fourth-order valence-electron chi connectivity index (χ4n) is 1.41. The number of hydrogen-bond donors (Lipinski definition) is 4. The third kappa shape index (κ3) is 4.15. The average molecular weight is 317 g/mol. The average Bonchev–Trinajstić information content (AvgIpc) is 2.43. The Labute approximate surface area is 120 Å². The van der Waals surface area contributed by atoms with Crippen LogP contribution in [0.15, 0.2) is 23.1 Å². The van der Waals surface area contributed by atoms with Gasteiger partial charge in [-0.1, -0.05) is 0 Å². The van der Waals surface area contributed by atoms with E-state index in [1.54, 1.807) is 0 Å². The first-order chi connectivity index (χ1) is 9.69. The molecule has 0 bridgehead atoms. The van der Waals surface area contributed by atoms with E-state index in [9.17, 15) is 23.1 Å². The van der Waals surface area contributed by atoms with Gasteiger partial charge in [-0.2, -0.15) is 0 Å². The molecule has 1 aromatic rings. The quantitative estimate of drug-likeness (QED) is 0.354. The second-order valence-corrected chi connectivity index (χ2v) is 5.75. The molecule has 0 saturated carbocycles. The number of benzene rings is 1. The summed E-state index contributed by atoms with van der Waals surface area (Å²) in [5.41, 5.74) is 10.2. The molecule has 6 N–H and O–H groups in total. The third-order valence-corrected chi connectivity index (χ3v) is 3.96. The maximum absolute atomic E-state index is 12.1. The van der Waals surface area contributed by atoms with E-state index in [2.05, 4.69) is 4.74 Å². The number of anilines is 1. The first kappa shape index (κ1) is 16.9. The van der Waals surface area contributed by atoms with Gasteiger partial charge in [-0.25, -0.2) is 17.9 Å². The molecule has 1 rings (SSSR count). The zero-order valence-electron chi connectivity index (χ0n) is 11.1. The Hall–Kier alpha value is -2.17. The monoisotopic (exact) mass is 317 g/mol. The predicted octanol–water partition coefficient (Wildman–Crippen LogP) is -1.82. The van der Waals surface area contributed by atoms with Gasteiger partial charge in [0, 0.05) is 12.2 Å². The number of carbonyl (C=O) groups is 2. The Morgan fingerprint density at radius 3 is 2.57 bits per heavy atom. The highest BCUT2D eigenvalue weighted by atomic mass is 32.2. The molecule has 10 heteroatoms. The molecule has 0 fully saturated rings. The molecule has 21 heavy (non-hydrogen) atoms. The van der Waals surface area contributed by atoms with Crippen LogP contribution in [0.3, 0.4) is 0 Å². The van der Waals surface area contributed by atoms with Crippen LogP contribution in [0.1, 0.15) is 10.4 Å². The zero-order valence-corrected chi connectivity index (χ0v) is 11.9. The Morgan fingerprint density at radius 2 is 2.05 bits per heavy atom. The Bertz CT molecular complexity index is 658. The topological polar surface area (TPSA) is 162 Å². The number of nitrogens with one attached hydrogen (secondary N) is 1. The van der Waals surface area contributed by atoms with Crippen molar-refractivity contribution in [3.05, 3.63) is 23.8 Å². The van der Waals surface area contributed by atoms with Crippen LogP contribution in [0.5, 0.6) is 0 Å². The summed E-state index contributed by atoms with van der Waals surface area (Å²) in [6.45, 7) is -0.632. The molecule has 0 aliphatic carbocycles. The van der Waals surface area contributed by atoms with E-state index in [0.717, 1.165) is 13.2 Å². The first-order valence-corrected chi connectivity index (χ1v) is 7.12. The molecule has 9 nitrogen and oxygen atoms in total. The highest BCUT2D eigenvalue weighted by Crippen LogP contribution is 2.20. The number of amides is 1. The van der Waals surface area contributed by atoms with Crippen molar-refractivity contribution in [3.63, 3.8) is 0 Å². The van der Waals surface area contributed by atoms with E-state index in [-0.39, 0.29) is 11.3 Å². The first-order valence-electron chi connectivity index (χ1n) is 5.64. The Balaban J connectivity index is 3.15. The highest BCUT2D eigenvalue weighted by molar-refractivity contribution is 7.89. The van der Waals surface area contributed by atoms with Gasteiger partial charge < -0.3 is 21.3 Å². The zero-order chi connectivity index (χ0) is 16.2. The van der Waals surface area contributed by atoms with Crippen LogP contribution in [0.4, 0.5) is 5.69 Å². The van der Waals surface area contributed by atoms with Crippen LogP contribution < -0.4 is 16.2 Å². The Kier molecular flexibility index (Phi) is 5.24. The number of sulfonamides is 1. The molecule has 0 aromatic heterocycles. The van der Waals surface area contributed by atoms with Crippen molar-refractivity contribution >= 4 is 27.6 Å². The van der Waals surface area contributed by atoms with E-state index < -0.39 is 39.4 Å². The van der Waals surface area contributed by atoms with Crippen molar-refractivity contribution in [1.82, 2.24) is 4.72 Å². The summed E-state index contributed by atoms with van der Waals surface area (Å²) in [5.74, 6) is -1.95. The fraction of sp³-hybridized carbons (Fsp3) is 0.273. The molecule has 0 radical (unpaired) electrons. The minimum atomic E-state index is -4.20. The van der Waals surface area contributed by atoms with Crippen LogP contribution in [-0.4, -0.2) is 45.2 Å². The summed E-state index contributed by atoms with van der Waals surface area (Å²) in [4.78, 5) is 21.8. The maximum Gasteiger partial charge on any atom is 0.339 e. The van der Waals surface area contributed by atoms with Crippen molar-refractivity contribution in [3.8, 4) is 0 Å². The molecule has 1 aromatic carbocycles. The molecule has 0 aliphatic rings. The summed E-state index contributed by atoms with van der Waals surface area (Å²) in [7, 11) is -3.10. The van der Waals surface area contributed by atoms with Gasteiger partial charge in [0.15, 0.2) is 0 Å². The van der Waals surface area contributed by atoms with E-state index in [1.807, 2.05) is 4.72 Å². The third-order valence-electron chi connectivity index (χ3n) is 2.50. The van der Waals surface area contributed by atoms with E-state index >= 15 is 0 Å². The Morgan fingerprint density at radius 1 is 1.43 bits per heavy atom. The number of rotatable bonds is 6. The van der Waals surface area contributed by atoms with E-state index in [4.69, 9.17) is 11.5 Å². The van der Waals surface area contributed by atoms with Crippen LogP contribution >= 0.6 is 0 Å². The van der Waals surface area contributed by atoms with E-state index in [1.165, 1.54) is 12.1 Å². The lowest BCUT2D eigenvalue weighted by molar-refractivity contribution is -0.125. The van der Waals surface area contributed by atoms with Gasteiger partial charge in [-0.15, -0.1) is 0 Å². The van der Waals surface area contributed by atoms with Crippen molar-refractivity contribution < 1.29 is 27.9 Å². The fourth-order valence-corrected chi connectivity index (χ4v) is 2.67. The molecule has 0 spiro atoms. The molecule has 0 aliphatic heterocycles. The number of nitrogens with two attached hydrogens (primary N) is 2. The van der Waals surface area contributed by atoms with Gasteiger partial charge in [-0.3, -0.25) is 4.79 Å². The second-order valence-electron chi connectivity index (χ2n) is 4.02. The van der Waals surface area contributed by atoms with Crippen LogP contribution in [0.2, 0.25) is 0 Å². The van der Waals surface area contributed by atoms with Gasteiger partial charge in [0.1, 0.15) is 6.10 Å². The van der Waals surface area contributed by atoms with Gasteiger partial charge in [0.05, 0.1) is 17.6 Å². The van der Waals surface area contributed by atoms with Gasteiger partial charge >= 0.3 is 5.97 Å². The number of nitrogen functional groups attached to an aromatic ring is 1. The normalized spacial score (nSPS) is 12.7. The number of primary amides is 1. The molecule has 116 valence electrons. The van der Waals surface area contributed by atoms with E-state index in [0.29, 0.717) is 0 Å². The van der Waals surface area contributed by atoms with Crippen LogP contribution in [-0.2, 0) is 19.6 Å². The molecular formula is C11H15N3O6S. The van der Waals surface area contributed by atoms with Crippen molar-refractivity contribution in [2.24, 2.45) is 5.73 Å². The minimum absolute atomic E-state index is 0.110. The second kappa shape index (κ2) is 6.52. The summed E-state index contributed by atoms with van der Waals surface area (Å²) in [6, 6.07) is 3.59. The van der Waals surface area contributed by atoms with Gasteiger partial charge in [0.2, 0.25) is 15.9 Å². The number of aliphatic hydroxyl groups excluding tert-OH is 1. The molecular weight excluding hydrogens is 302 g/mol. The van der Waals surface area contributed by atoms with Crippen LogP contribution in [0, 0.1) is 0 Å². The largest absolute Gasteiger partial charge is 0.465 e. The minimum Gasteiger partial charge on any atom is -0.465 e. The highest BCUT2D eigenvalue weighted by Gasteiger charge is 2.24. The molecule has 0 heterocycles. The summed E-state index contributed by atoms with van der Waals surface area (Å²) in [6.07, 6.45) is -1.69. The molecule has 0 saturated heterocycles. The maximum atomic E-state index is 12.1. The predicted molar refractivity (Wildman–Crippen MR) is 72.6 cm³/mol. The lowest BCUT2D eigenvalue weighted by Crippen LogP contribution is -2.40. The number of methoxy groups -OCH3 is 1. The molecule has 1 unspecified atom stereocenters. The van der Waals surface area contributed by atoms with Crippen LogP contribution in [0.25, 0.3) is 0 Å². The van der Waals surface area contributed by atoms with Crippen molar-refractivity contribution in [2.75, 3.05) is 19.4 Å². The number of carbonyl (C=O) groups excluding carboxylic acids is 2. The number of aliphatic hydroxyl groups is 1. The van der Waals surface area contributed by atoms with Gasteiger partial charge in [-0.05, 0) is 18.2 Å². The van der Waals surface area contributed by atoms with Crippen molar-refractivity contribution in [2.45, 2.75) is 11.0 Å². The SMILES string of the molecule is COC(=O)c1ccc(N)cc1S(=O)(=O)NCC(O)C(N)=O. The molecule has 1 atom stereocenters. The summed E-state index contributed by atoms with van der Waals surface area (Å²) < 4.78 is 30.7. The lowest BCUT2D eigenvalue weighted by atomic mass is 10.2. The number of hydrogen-bond acceptors (Lipinski definition) is 7. The smallest absolute Gasteiger partial charge is 0.339 e. The standard InChI is InChI=1S/C11H15N3O6S/c1-20-11(17)7-3-2-6(12)4-9(7)21(18,19)14-5-8(15)10(13)16/h2-4,8,14-15H,5,12H2,1H3,(H2,13,16). The molecule has 1 amide bonds. The summed E-state index contributed by atoms with van der Waals surface area (Å²) in [5, 5.41) is 9.20. The number of esters is 1.